The number of hydrogen-bond acceptors (Lipinski definition) is 2. The van der Waals surface area contributed by atoms with Crippen LogP contribution in [0.25, 0.3) is 82.8 Å². The van der Waals surface area contributed by atoms with Crippen molar-refractivity contribution in [3.8, 4) is 39.1 Å². The summed E-state index contributed by atoms with van der Waals surface area (Å²) >= 11 is 0. The summed E-state index contributed by atoms with van der Waals surface area (Å²) in [7, 11) is 0. The van der Waals surface area contributed by atoms with E-state index in [4.69, 9.17) is 4.42 Å². The van der Waals surface area contributed by atoms with Crippen LogP contribution in [0.1, 0.15) is 0 Å². The van der Waals surface area contributed by atoms with Crippen molar-refractivity contribution in [2.75, 3.05) is 0 Å². The summed E-state index contributed by atoms with van der Waals surface area (Å²) in [6.45, 7) is 0. The van der Waals surface area contributed by atoms with Crippen LogP contribution in [0.2, 0.25) is 0 Å². The van der Waals surface area contributed by atoms with Gasteiger partial charge in [-0.3, -0.25) is 4.98 Å². The van der Waals surface area contributed by atoms with Crippen molar-refractivity contribution in [3.05, 3.63) is 158 Å². The SMILES string of the molecule is c1cncc(-c2ccc(-c3cccc4c3oc3c(-c5ccc(-n6c7ccccc7c7ccccc76)cc5)cccc34)cc2)c1. The van der Waals surface area contributed by atoms with Crippen LogP contribution >= 0.6 is 0 Å². The molecule has 0 fully saturated rings. The number of para-hydroxylation sites is 4. The van der Waals surface area contributed by atoms with Crippen molar-refractivity contribution in [2.24, 2.45) is 0 Å². The first-order valence-corrected chi connectivity index (χ1v) is 14.9. The molecule has 3 aromatic heterocycles. The minimum absolute atomic E-state index is 0.908. The third-order valence-electron chi connectivity index (χ3n) is 8.73. The Balaban J connectivity index is 1.14. The van der Waals surface area contributed by atoms with Crippen molar-refractivity contribution in [1.29, 1.82) is 0 Å². The van der Waals surface area contributed by atoms with Crippen LogP contribution in [0.15, 0.2) is 162 Å². The van der Waals surface area contributed by atoms with E-state index in [-0.39, 0.29) is 0 Å². The topological polar surface area (TPSA) is 31.0 Å². The second kappa shape index (κ2) is 9.82. The van der Waals surface area contributed by atoms with E-state index in [1.807, 2.05) is 12.3 Å². The molecular formula is C41H26N2O. The quantitative estimate of drug-likeness (QED) is 0.214. The number of pyridine rings is 1. The Hall–Kier alpha value is -5.93. The average Bonchev–Trinajstić information content (AvgIpc) is 3.65. The van der Waals surface area contributed by atoms with Crippen molar-refractivity contribution in [3.63, 3.8) is 0 Å². The Morgan fingerprint density at radius 3 is 1.50 bits per heavy atom. The zero-order valence-electron chi connectivity index (χ0n) is 23.8. The van der Waals surface area contributed by atoms with E-state index in [1.165, 1.54) is 21.8 Å². The molecule has 0 atom stereocenters. The molecular weight excluding hydrogens is 536 g/mol. The van der Waals surface area contributed by atoms with E-state index in [1.54, 1.807) is 6.20 Å². The van der Waals surface area contributed by atoms with Gasteiger partial charge in [-0.25, -0.2) is 0 Å². The van der Waals surface area contributed by atoms with Crippen LogP contribution in [-0.4, -0.2) is 9.55 Å². The molecule has 0 N–H and O–H groups in total. The number of nitrogens with zero attached hydrogens (tertiary/aromatic N) is 2. The Kier molecular flexibility index (Phi) is 5.50. The lowest BCUT2D eigenvalue weighted by molar-refractivity contribution is 0.671. The van der Waals surface area contributed by atoms with E-state index in [0.717, 1.165) is 61.0 Å². The van der Waals surface area contributed by atoms with Crippen molar-refractivity contribution >= 4 is 43.7 Å². The highest BCUT2D eigenvalue weighted by Crippen LogP contribution is 2.40. The number of hydrogen-bond donors (Lipinski definition) is 0. The number of fused-ring (bicyclic) bond motifs is 6. The van der Waals surface area contributed by atoms with Crippen molar-refractivity contribution in [2.45, 2.75) is 0 Å². The van der Waals surface area contributed by atoms with E-state index < -0.39 is 0 Å². The van der Waals surface area contributed by atoms with Gasteiger partial charge in [0.25, 0.3) is 0 Å². The highest BCUT2D eigenvalue weighted by atomic mass is 16.3. The molecule has 3 nitrogen and oxygen atoms in total. The van der Waals surface area contributed by atoms with Crippen molar-refractivity contribution < 1.29 is 4.42 Å². The molecule has 0 aliphatic heterocycles. The highest BCUT2D eigenvalue weighted by Gasteiger charge is 2.16. The molecule has 3 heteroatoms. The normalized spacial score (nSPS) is 11.6. The smallest absolute Gasteiger partial charge is 0.143 e. The lowest BCUT2D eigenvalue weighted by atomic mass is 9.98. The third kappa shape index (κ3) is 3.80. The van der Waals surface area contributed by atoms with Crippen LogP contribution in [0.3, 0.4) is 0 Å². The minimum atomic E-state index is 0.908. The molecule has 3 heterocycles. The van der Waals surface area contributed by atoms with Gasteiger partial charge in [0.1, 0.15) is 11.2 Å². The molecule has 9 rings (SSSR count). The summed E-state index contributed by atoms with van der Waals surface area (Å²) in [5, 5.41) is 4.78. The monoisotopic (exact) mass is 562 g/mol. The Bertz CT molecular complexity index is 2410. The maximum absolute atomic E-state index is 6.74. The maximum atomic E-state index is 6.74. The first-order valence-electron chi connectivity index (χ1n) is 14.9. The fourth-order valence-corrected chi connectivity index (χ4v) is 6.64. The van der Waals surface area contributed by atoms with Gasteiger partial charge >= 0.3 is 0 Å². The van der Waals surface area contributed by atoms with Crippen molar-refractivity contribution in [1.82, 2.24) is 9.55 Å². The largest absolute Gasteiger partial charge is 0.455 e. The molecule has 0 spiro atoms. The van der Waals surface area contributed by atoms with E-state index in [0.29, 0.717) is 0 Å². The second-order valence-electron chi connectivity index (χ2n) is 11.2. The molecule has 0 bridgehead atoms. The van der Waals surface area contributed by atoms with Gasteiger partial charge in [0.05, 0.1) is 11.0 Å². The Morgan fingerprint density at radius 2 is 0.932 bits per heavy atom. The molecule has 44 heavy (non-hydrogen) atoms. The fraction of sp³-hybridized carbons (Fsp3) is 0. The van der Waals surface area contributed by atoms with Crippen LogP contribution in [0, 0.1) is 0 Å². The predicted octanol–water partition coefficient (Wildman–Crippen LogP) is 11.1. The van der Waals surface area contributed by atoms with Gasteiger partial charge in [0, 0.05) is 50.8 Å². The predicted molar refractivity (Wildman–Crippen MR) is 182 cm³/mol. The lowest BCUT2D eigenvalue weighted by Crippen LogP contribution is -1.93. The Labute approximate surface area is 254 Å². The van der Waals surface area contributed by atoms with Gasteiger partial charge in [0.15, 0.2) is 0 Å². The molecule has 0 saturated heterocycles. The number of aromatic nitrogens is 2. The minimum Gasteiger partial charge on any atom is -0.455 e. The van der Waals surface area contributed by atoms with Crippen LogP contribution in [0.4, 0.5) is 0 Å². The second-order valence-corrected chi connectivity index (χ2v) is 11.2. The van der Waals surface area contributed by atoms with Gasteiger partial charge in [-0.05, 0) is 52.6 Å². The van der Waals surface area contributed by atoms with Gasteiger partial charge in [0.2, 0.25) is 0 Å². The van der Waals surface area contributed by atoms with Gasteiger partial charge in [-0.2, -0.15) is 0 Å². The third-order valence-corrected chi connectivity index (χ3v) is 8.73. The molecule has 0 saturated carbocycles. The molecule has 0 aliphatic rings. The number of rotatable bonds is 4. The average molecular weight is 563 g/mol. The Morgan fingerprint density at radius 1 is 0.409 bits per heavy atom. The standard InChI is InChI=1S/C41H26N2O/c1-3-15-38-34(9-1)35-10-2-4-16-39(35)43(38)31-23-21-29(22-24-31)33-12-6-14-37-36-13-5-11-32(40(36)44-41(33)37)28-19-17-27(18-20-28)30-8-7-25-42-26-30/h1-26H. The summed E-state index contributed by atoms with van der Waals surface area (Å²) in [5.41, 5.74) is 12.1. The highest BCUT2D eigenvalue weighted by molar-refractivity contribution is 6.13. The van der Waals surface area contributed by atoms with E-state index in [2.05, 4.69) is 149 Å². The van der Waals surface area contributed by atoms with E-state index in [9.17, 15) is 0 Å². The van der Waals surface area contributed by atoms with Crippen LogP contribution in [0.5, 0.6) is 0 Å². The number of furan rings is 1. The fourth-order valence-electron chi connectivity index (χ4n) is 6.64. The summed E-state index contributed by atoms with van der Waals surface area (Å²) in [4.78, 5) is 4.27. The van der Waals surface area contributed by atoms with Gasteiger partial charge in [-0.1, -0.05) is 115 Å². The number of benzene rings is 6. The van der Waals surface area contributed by atoms with Crippen LogP contribution < -0.4 is 0 Å². The zero-order chi connectivity index (χ0) is 29.0. The summed E-state index contributed by atoms with van der Waals surface area (Å²) in [6.07, 6.45) is 3.69. The maximum Gasteiger partial charge on any atom is 0.143 e. The molecule has 6 aromatic carbocycles. The summed E-state index contributed by atoms with van der Waals surface area (Å²) < 4.78 is 9.09. The molecule has 0 aliphatic carbocycles. The first-order chi connectivity index (χ1) is 21.8. The van der Waals surface area contributed by atoms with Crippen LogP contribution in [-0.2, 0) is 0 Å². The molecule has 206 valence electrons. The molecule has 0 radical (unpaired) electrons. The molecule has 0 amide bonds. The lowest BCUT2D eigenvalue weighted by Gasteiger charge is -2.09. The van der Waals surface area contributed by atoms with E-state index >= 15 is 0 Å². The zero-order valence-corrected chi connectivity index (χ0v) is 23.8. The van der Waals surface area contributed by atoms with Gasteiger partial charge < -0.3 is 8.98 Å². The first kappa shape index (κ1) is 24.6. The summed E-state index contributed by atoms with van der Waals surface area (Å²) in [5.74, 6) is 0. The van der Waals surface area contributed by atoms with Gasteiger partial charge in [-0.15, -0.1) is 0 Å². The molecule has 9 aromatic rings. The summed E-state index contributed by atoms with van der Waals surface area (Å²) in [6, 6.07) is 51.6. The molecule has 0 unspecified atom stereocenters.